The number of rotatable bonds is 6. The largest absolute Gasteiger partial charge is 0.492 e. The van der Waals surface area contributed by atoms with E-state index in [1.807, 2.05) is 73.8 Å². The summed E-state index contributed by atoms with van der Waals surface area (Å²) in [5, 5.41) is 10.6. The molecule has 0 bridgehead atoms. The Morgan fingerprint density at radius 2 is 1.93 bits per heavy atom. The van der Waals surface area contributed by atoms with E-state index in [1.165, 1.54) is 6.92 Å². The highest BCUT2D eigenvalue weighted by molar-refractivity contribution is 5.89. The molecule has 2 aromatic heterocycles. The summed E-state index contributed by atoms with van der Waals surface area (Å²) in [5.41, 5.74) is 4.24. The maximum atomic E-state index is 11.3. The average molecular weight is 387 g/mol. The van der Waals surface area contributed by atoms with Crippen LogP contribution in [0.1, 0.15) is 13.8 Å². The fraction of sp³-hybridized carbons (Fsp3) is 0.136. The molecular formula is C22H21N5O2. The van der Waals surface area contributed by atoms with Gasteiger partial charge in [-0.2, -0.15) is 4.98 Å². The number of carbonyl (C=O) groups excluding carboxylic acids is 1. The second kappa shape index (κ2) is 8.02. The van der Waals surface area contributed by atoms with Gasteiger partial charge in [0, 0.05) is 24.4 Å². The lowest BCUT2D eigenvalue weighted by Crippen LogP contribution is -2.05. The minimum absolute atomic E-state index is 0.100. The molecule has 0 aliphatic rings. The highest BCUT2D eigenvalue weighted by Gasteiger charge is 2.09. The SMILES string of the molecule is CCOc1ccccc1Nc1nc2ccc(-c3cccc(NC(C)=O)c3)cn2n1. The molecule has 4 aromatic rings. The van der Waals surface area contributed by atoms with Crippen molar-refractivity contribution in [2.75, 3.05) is 17.2 Å². The van der Waals surface area contributed by atoms with Gasteiger partial charge in [0.2, 0.25) is 11.9 Å². The summed E-state index contributed by atoms with van der Waals surface area (Å²) in [5.74, 6) is 1.14. The standard InChI is InChI=1S/C22H21N5O2/c1-3-29-20-10-5-4-9-19(20)24-22-25-21-12-11-17(14-27(21)26-22)16-7-6-8-18(13-16)23-15(2)28/h4-14H,3H2,1-2H3,(H,23,28)(H,24,26). The first kappa shape index (κ1) is 18.5. The number of nitrogens with zero attached hydrogens (tertiary/aromatic N) is 3. The van der Waals surface area contributed by atoms with E-state index in [4.69, 9.17) is 4.74 Å². The van der Waals surface area contributed by atoms with E-state index in [2.05, 4.69) is 20.7 Å². The monoisotopic (exact) mass is 387 g/mol. The van der Waals surface area contributed by atoms with Crippen LogP contribution in [-0.4, -0.2) is 27.1 Å². The van der Waals surface area contributed by atoms with Gasteiger partial charge in [-0.25, -0.2) is 4.52 Å². The Morgan fingerprint density at radius 1 is 1.07 bits per heavy atom. The van der Waals surface area contributed by atoms with E-state index < -0.39 is 0 Å². The van der Waals surface area contributed by atoms with Crippen LogP contribution in [0.2, 0.25) is 0 Å². The van der Waals surface area contributed by atoms with Crippen molar-refractivity contribution in [3.05, 3.63) is 66.9 Å². The first-order valence-electron chi connectivity index (χ1n) is 9.35. The fourth-order valence-electron chi connectivity index (χ4n) is 3.06. The van der Waals surface area contributed by atoms with Crippen LogP contribution in [0.4, 0.5) is 17.3 Å². The van der Waals surface area contributed by atoms with Crippen LogP contribution in [0.5, 0.6) is 5.75 Å². The molecule has 146 valence electrons. The molecule has 1 amide bonds. The topological polar surface area (TPSA) is 80.5 Å². The molecule has 0 radical (unpaired) electrons. The van der Waals surface area contributed by atoms with Gasteiger partial charge < -0.3 is 15.4 Å². The average Bonchev–Trinajstić information content (AvgIpc) is 3.11. The molecule has 2 aromatic carbocycles. The summed E-state index contributed by atoms with van der Waals surface area (Å²) in [4.78, 5) is 15.8. The predicted molar refractivity (Wildman–Crippen MR) is 114 cm³/mol. The van der Waals surface area contributed by atoms with Gasteiger partial charge in [0.05, 0.1) is 12.3 Å². The van der Waals surface area contributed by atoms with Gasteiger partial charge in [-0.3, -0.25) is 4.79 Å². The molecule has 7 nitrogen and oxygen atoms in total. The molecule has 4 rings (SSSR count). The van der Waals surface area contributed by atoms with Crippen molar-refractivity contribution in [2.24, 2.45) is 0 Å². The minimum atomic E-state index is -0.100. The molecule has 2 N–H and O–H groups in total. The summed E-state index contributed by atoms with van der Waals surface area (Å²) >= 11 is 0. The highest BCUT2D eigenvalue weighted by Crippen LogP contribution is 2.27. The molecule has 0 spiro atoms. The molecule has 7 heteroatoms. The Labute approximate surface area is 168 Å². The highest BCUT2D eigenvalue weighted by atomic mass is 16.5. The number of hydrogen-bond acceptors (Lipinski definition) is 5. The third-order valence-electron chi connectivity index (χ3n) is 4.28. The van der Waals surface area contributed by atoms with Crippen LogP contribution in [0.25, 0.3) is 16.8 Å². The first-order valence-corrected chi connectivity index (χ1v) is 9.35. The Bertz CT molecular complexity index is 1170. The molecule has 0 aliphatic carbocycles. The van der Waals surface area contributed by atoms with E-state index >= 15 is 0 Å². The van der Waals surface area contributed by atoms with Crippen LogP contribution >= 0.6 is 0 Å². The third kappa shape index (κ3) is 4.19. The summed E-state index contributed by atoms with van der Waals surface area (Å²) < 4.78 is 7.37. The van der Waals surface area contributed by atoms with E-state index in [0.29, 0.717) is 12.6 Å². The van der Waals surface area contributed by atoms with Gasteiger partial charge in [0.15, 0.2) is 5.65 Å². The summed E-state index contributed by atoms with van der Waals surface area (Å²) in [6.45, 7) is 4.02. The van der Waals surface area contributed by atoms with E-state index in [0.717, 1.165) is 33.9 Å². The van der Waals surface area contributed by atoms with Crippen molar-refractivity contribution in [3.63, 3.8) is 0 Å². The first-order chi connectivity index (χ1) is 14.1. The van der Waals surface area contributed by atoms with Crippen molar-refractivity contribution in [3.8, 4) is 16.9 Å². The lowest BCUT2D eigenvalue weighted by atomic mass is 10.1. The summed E-state index contributed by atoms with van der Waals surface area (Å²) in [6.07, 6.45) is 1.91. The van der Waals surface area contributed by atoms with Crippen molar-refractivity contribution >= 4 is 28.9 Å². The number of amides is 1. The van der Waals surface area contributed by atoms with Crippen molar-refractivity contribution < 1.29 is 9.53 Å². The second-order valence-electron chi connectivity index (χ2n) is 6.47. The van der Waals surface area contributed by atoms with Crippen molar-refractivity contribution in [2.45, 2.75) is 13.8 Å². The van der Waals surface area contributed by atoms with Crippen LogP contribution in [-0.2, 0) is 4.79 Å². The number of carbonyl (C=O) groups is 1. The number of para-hydroxylation sites is 2. The van der Waals surface area contributed by atoms with Gasteiger partial charge in [0.1, 0.15) is 5.75 Å². The maximum Gasteiger partial charge on any atom is 0.247 e. The Hall–Kier alpha value is -3.87. The normalized spacial score (nSPS) is 10.7. The molecule has 0 aliphatic heterocycles. The molecule has 2 heterocycles. The molecule has 0 unspecified atom stereocenters. The van der Waals surface area contributed by atoms with Crippen molar-refractivity contribution in [1.29, 1.82) is 0 Å². The number of aromatic nitrogens is 3. The van der Waals surface area contributed by atoms with Crippen LogP contribution in [0, 0.1) is 0 Å². The maximum absolute atomic E-state index is 11.3. The zero-order chi connectivity index (χ0) is 20.2. The lowest BCUT2D eigenvalue weighted by molar-refractivity contribution is -0.114. The van der Waals surface area contributed by atoms with Gasteiger partial charge in [-0.1, -0.05) is 24.3 Å². The lowest BCUT2D eigenvalue weighted by Gasteiger charge is -2.09. The van der Waals surface area contributed by atoms with Crippen LogP contribution in [0.15, 0.2) is 66.9 Å². The Morgan fingerprint density at radius 3 is 2.76 bits per heavy atom. The number of ether oxygens (including phenoxy) is 1. The van der Waals surface area contributed by atoms with Gasteiger partial charge in [-0.15, -0.1) is 5.10 Å². The number of fused-ring (bicyclic) bond motifs is 1. The Balaban J connectivity index is 1.63. The van der Waals surface area contributed by atoms with Crippen LogP contribution < -0.4 is 15.4 Å². The fourth-order valence-corrected chi connectivity index (χ4v) is 3.06. The van der Waals surface area contributed by atoms with E-state index in [9.17, 15) is 4.79 Å². The summed E-state index contributed by atoms with van der Waals surface area (Å²) in [6, 6.07) is 19.3. The van der Waals surface area contributed by atoms with Gasteiger partial charge in [0.25, 0.3) is 0 Å². The quantitative estimate of drug-likeness (QED) is 0.509. The molecule has 29 heavy (non-hydrogen) atoms. The van der Waals surface area contributed by atoms with Crippen molar-refractivity contribution in [1.82, 2.24) is 14.6 Å². The van der Waals surface area contributed by atoms with Gasteiger partial charge in [-0.05, 0) is 48.9 Å². The van der Waals surface area contributed by atoms with E-state index in [-0.39, 0.29) is 5.91 Å². The number of pyridine rings is 1. The predicted octanol–water partition coefficient (Wildman–Crippen LogP) is 4.50. The number of hydrogen-bond donors (Lipinski definition) is 2. The van der Waals surface area contributed by atoms with Gasteiger partial charge >= 0.3 is 0 Å². The summed E-state index contributed by atoms with van der Waals surface area (Å²) in [7, 11) is 0. The molecule has 0 atom stereocenters. The molecular weight excluding hydrogens is 366 g/mol. The minimum Gasteiger partial charge on any atom is -0.492 e. The van der Waals surface area contributed by atoms with Crippen LogP contribution in [0.3, 0.4) is 0 Å². The number of anilines is 3. The third-order valence-corrected chi connectivity index (χ3v) is 4.28. The zero-order valence-corrected chi connectivity index (χ0v) is 16.2. The number of nitrogens with one attached hydrogen (secondary N) is 2. The smallest absolute Gasteiger partial charge is 0.247 e. The molecule has 0 fully saturated rings. The zero-order valence-electron chi connectivity index (χ0n) is 16.2. The molecule has 0 saturated heterocycles. The van der Waals surface area contributed by atoms with E-state index in [1.54, 1.807) is 4.52 Å². The Kier molecular flexibility index (Phi) is 5.11. The number of benzene rings is 2. The molecule has 0 saturated carbocycles. The second-order valence-corrected chi connectivity index (χ2v) is 6.47.